The number of amides is 1. The Hall–Kier alpha value is -0.770. The van der Waals surface area contributed by atoms with E-state index < -0.39 is 12.4 Å². The Balaban J connectivity index is 2.18. The zero-order valence-electron chi connectivity index (χ0n) is 8.66. The molecule has 1 amide bonds. The molecule has 0 aromatic carbocycles. The van der Waals surface area contributed by atoms with Gasteiger partial charge in [-0.25, -0.2) is 4.79 Å². The van der Waals surface area contributed by atoms with Crippen molar-refractivity contribution in [1.29, 1.82) is 0 Å². The molecule has 82 valence electrons. The van der Waals surface area contributed by atoms with E-state index >= 15 is 0 Å². The number of nitrogens with one attached hydrogen (secondary N) is 1. The molecule has 0 aliphatic heterocycles. The maximum Gasteiger partial charge on any atom is 0.409 e. The van der Waals surface area contributed by atoms with Crippen LogP contribution in [0.3, 0.4) is 0 Å². The molecule has 0 aromatic rings. The summed E-state index contributed by atoms with van der Waals surface area (Å²) in [5.41, 5.74) is 0. The summed E-state index contributed by atoms with van der Waals surface area (Å²) in [6.07, 6.45) is 4.60. The van der Waals surface area contributed by atoms with Crippen molar-refractivity contribution in [3.05, 3.63) is 0 Å². The molecule has 4 nitrogen and oxygen atoms in total. The van der Waals surface area contributed by atoms with Gasteiger partial charge in [-0.2, -0.15) is 0 Å². The number of ether oxygens (including phenoxy) is 1. The summed E-state index contributed by atoms with van der Waals surface area (Å²) >= 11 is 0. The first-order valence-corrected chi connectivity index (χ1v) is 5.37. The highest BCUT2D eigenvalue weighted by molar-refractivity contribution is 5.67. The lowest BCUT2D eigenvalue weighted by Gasteiger charge is -2.22. The molecule has 0 bridgehead atoms. The zero-order valence-corrected chi connectivity index (χ0v) is 8.66. The fourth-order valence-electron chi connectivity index (χ4n) is 1.65. The van der Waals surface area contributed by atoms with E-state index in [9.17, 15) is 4.79 Å². The first kappa shape index (κ1) is 11.3. The van der Waals surface area contributed by atoms with Gasteiger partial charge in [0.05, 0.1) is 0 Å². The van der Waals surface area contributed by atoms with E-state index in [1.165, 1.54) is 19.3 Å². The highest BCUT2D eigenvalue weighted by atomic mass is 16.6. The van der Waals surface area contributed by atoms with Gasteiger partial charge in [0.1, 0.15) is 0 Å². The molecular weight excluding hydrogens is 182 g/mol. The third-order valence-electron chi connectivity index (χ3n) is 2.52. The van der Waals surface area contributed by atoms with Gasteiger partial charge >= 0.3 is 6.09 Å². The van der Waals surface area contributed by atoms with Crippen molar-refractivity contribution in [2.24, 2.45) is 0 Å². The Kier molecular flexibility index (Phi) is 4.73. The molecule has 1 rings (SSSR count). The third-order valence-corrected chi connectivity index (χ3v) is 2.52. The van der Waals surface area contributed by atoms with Crippen molar-refractivity contribution in [1.82, 2.24) is 5.32 Å². The number of aliphatic hydroxyl groups is 1. The molecule has 2 N–H and O–H groups in total. The standard InChI is InChI=1S/C10H19NO3/c1-2-9(12)14-10(13)11-8-6-4-3-5-7-8/h8-9,12H,2-7H2,1H3,(H,11,13). The number of rotatable bonds is 3. The molecule has 0 aromatic heterocycles. The first-order valence-electron chi connectivity index (χ1n) is 5.37. The minimum Gasteiger partial charge on any atom is -0.420 e. The predicted octanol–water partition coefficient (Wildman–Crippen LogP) is 1.77. The van der Waals surface area contributed by atoms with Gasteiger partial charge in [0.15, 0.2) is 0 Å². The van der Waals surface area contributed by atoms with Gasteiger partial charge in [0.2, 0.25) is 6.29 Å². The molecule has 1 atom stereocenters. The van der Waals surface area contributed by atoms with Crippen LogP contribution in [0.4, 0.5) is 4.79 Å². The Labute approximate surface area is 84.6 Å². The Morgan fingerprint density at radius 3 is 2.71 bits per heavy atom. The van der Waals surface area contributed by atoms with Crippen molar-refractivity contribution in [3.63, 3.8) is 0 Å². The molecule has 1 aliphatic rings. The average Bonchev–Trinajstić information content (AvgIpc) is 2.19. The molecule has 0 heterocycles. The van der Waals surface area contributed by atoms with Crippen LogP contribution in [0.15, 0.2) is 0 Å². The molecule has 4 heteroatoms. The maximum atomic E-state index is 11.2. The van der Waals surface area contributed by atoms with Crippen LogP contribution in [0.2, 0.25) is 0 Å². The fourth-order valence-corrected chi connectivity index (χ4v) is 1.65. The average molecular weight is 201 g/mol. The highest BCUT2D eigenvalue weighted by Gasteiger charge is 2.17. The van der Waals surface area contributed by atoms with E-state index in [2.05, 4.69) is 5.32 Å². The normalized spacial score (nSPS) is 20.1. The zero-order chi connectivity index (χ0) is 10.4. The highest BCUT2D eigenvalue weighted by Crippen LogP contribution is 2.17. The lowest BCUT2D eigenvalue weighted by atomic mass is 9.96. The van der Waals surface area contributed by atoms with Gasteiger partial charge in [0.25, 0.3) is 0 Å². The number of alkyl carbamates (subject to hydrolysis) is 1. The largest absolute Gasteiger partial charge is 0.420 e. The van der Waals surface area contributed by atoms with Crippen molar-refractivity contribution in [3.8, 4) is 0 Å². The van der Waals surface area contributed by atoms with E-state index in [1.54, 1.807) is 6.92 Å². The van der Waals surface area contributed by atoms with Crippen LogP contribution in [-0.2, 0) is 4.74 Å². The number of hydrogen-bond acceptors (Lipinski definition) is 3. The fraction of sp³-hybridized carbons (Fsp3) is 0.900. The topological polar surface area (TPSA) is 58.6 Å². The van der Waals surface area contributed by atoms with E-state index in [4.69, 9.17) is 9.84 Å². The molecular formula is C10H19NO3. The van der Waals surface area contributed by atoms with E-state index in [-0.39, 0.29) is 6.04 Å². The van der Waals surface area contributed by atoms with Crippen molar-refractivity contribution in [2.75, 3.05) is 0 Å². The second-order valence-electron chi connectivity index (χ2n) is 3.75. The van der Waals surface area contributed by atoms with Crippen molar-refractivity contribution in [2.45, 2.75) is 57.8 Å². The van der Waals surface area contributed by atoms with Crippen LogP contribution in [0.5, 0.6) is 0 Å². The minimum absolute atomic E-state index is 0.236. The lowest BCUT2D eigenvalue weighted by molar-refractivity contribution is -0.0543. The summed E-state index contributed by atoms with van der Waals surface area (Å²) in [7, 11) is 0. The van der Waals surface area contributed by atoms with Crippen LogP contribution < -0.4 is 5.32 Å². The molecule has 1 aliphatic carbocycles. The molecule has 1 unspecified atom stereocenters. The van der Waals surface area contributed by atoms with E-state index in [0.29, 0.717) is 6.42 Å². The van der Waals surface area contributed by atoms with Crippen molar-refractivity contribution < 1.29 is 14.6 Å². The van der Waals surface area contributed by atoms with Crippen LogP contribution in [0.1, 0.15) is 45.4 Å². The maximum absolute atomic E-state index is 11.2. The predicted molar refractivity (Wildman–Crippen MR) is 52.8 cm³/mol. The van der Waals surface area contributed by atoms with Gasteiger partial charge < -0.3 is 15.2 Å². The summed E-state index contributed by atoms with van der Waals surface area (Å²) in [5.74, 6) is 0. The molecule has 0 radical (unpaired) electrons. The van der Waals surface area contributed by atoms with Gasteiger partial charge in [-0.05, 0) is 12.8 Å². The Bertz CT molecular complexity index is 178. The number of aliphatic hydroxyl groups excluding tert-OH is 1. The summed E-state index contributed by atoms with van der Waals surface area (Å²) in [6.45, 7) is 1.76. The van der Waals surface area contributed by atoms with Gasteiger partial charge in [-0.3, -0.25) is 0 Å². The number of hydrogen-bond donors (Lipinski definition) is 2. The number of carbonyl (C=O) groups is 1. The smallest absolute Gasteiger partial charge is 0.409 e. The summed E-state index contributed by atoms with van der Waals surface area (Å²) in [6, 6.07) is 0.236. The van der Waals surface area contributed by atoms with Gasteiger partial charge in [-0.1, -0.05) is 26.2 Å². The van der Waals surface area contributed by atoms with E-state index in [0.717, 1.165) is 12.8 Å². The minimum atomic E-state index is -0.974. The summed E-state index contributed by atoms with van der Waals surface area (Å²) < 4.78 is 4.71. The lowest BCUT2D eigenvalue weighted by Crippen LogP contribution is -2.38. The number of carbonyl (C=O) groups excluding carboxylic acids is 1. The molecule has 0 saturated heterocycles. The van der Waals surface area contributed by atoms with Crippen LogP contribution in [0, 0.1) is 0 Å². The molecule has 0 spiro atoms. The summed E-state index contributed by atoms with van der Waals surface area (Å²) in [5, 5.41) is 11.8. The third kappa shape index (κ3) is 3.96. The monoisotopic (exact) mass is 201 g/mol. The SMILES string of the molecule is CCC(O)OC(=O)NC1CCCCC1. The quantitative estimate of drug-likeness (QED) is 0.684. The van der Waals surface area contributed by atoms with Crippen LogP contribution in [-0.4, -0.2) is 23.5 Å². The van der Waals surface area contributed by atoms with Crippen LogP contribution >= 0.6 is 0 Å². The summed E-state index contributed by atoms with van der Waals surface area (Å²) in [4.78, 5) is 11.2. The second-order valence-corrected chi connectivity index (χ2v) is 3.75. The van der Waals surface area contributed by atoms with Crippen LogP contribution in [0.25, 0.3) is 0 Å². The molecule has 1 saturated carbocycles. The van der Waals surface area contributed by atoms with Gasteiger partial charge in [-0.15, -0.1) is 0 Å². The second kappa shape index (κ2) is 5.86. The first-order chi connectivity index (χ1) is 6.72. The Morgan fingerprint density at radius 1 is 1.50 bits per heavy atom. The Morgan fingerprint density at radius 2 is 2.14 bits per heavy atom. The van der Waals surface area contributed by atoms with Crippen molar-refractivity contribution >= 4 is 6.09 Å². The molecule has 14 heavy (non-hydrogen) atoms. The van der Waals surface area contributed by atoms with Gasteiger partial charge in [0, 0.05) is 12.5 Å². The van der Waals surface area contributed by atoms with E-state index in [1.807, 2.05) is 0 Å². The molecule has 1 fully saturated rings.